The highest BCUT2D eigenvalue weighted by Crippen LogP contribution is 2.29. The van der Waals surface area contributed by atoms with E-state index >= 15 is 0 Å². The topological polar surface area (TPSA) is 54.9 Å². The summed E-state index contributed by atoms with van der Waals surface area (Å²) in [6, 6.07) is 9.20. The molecule has 1 aromatic carbocycles. The van der Waals surface area contributed by atoms with Crippen LogP contribution in [0.5, 0.6) is 5.75 Å². The van der Waals surface area contributed by atoms with Gasteiger partial charge in [0.1, 0.15) is 17.1 Å². The normalized spacial score (nSPS) is 16.9. The molecule has 1 aliphatic heterocycles. The van der Waals surface area contributed by atoms with Crippen LogP contribution in [0.4, 0.5) is 23.4 Å². The number of carbonyl (C=O) groups is 1. The predicted molar refractivity (Wildman–Crippen MR) is 115 cm³/mol. The van der Waals surface area contributed by atoms with E-state index in [-0.39, 0.29) is 17.9 Å². The summed E-state index contributed by atoms with van der Waals surface area (Å²) < 4.78 is 60.7. The number of aromatic nitrogens is 1. The Bertz CT molecular complexity index is 958. The molecule has 3 rings (SSSR count). The fraction of sp³-hybridized carbons (Fsp3) is 0.478. The van der Waals surface area contributed by atoms with Crippen LogP contribution < -0.4 is 9.64 Å². The lowest BCUT2D eigenvalue weighted by Gasteiger charge is -2.27. The van der Waals surface area contributed by atoms with Gasteiger partial charge >= 0.3 is 18.5 Å². The second-order valence-corrected chi connectivity index (χ2v) is 8.23. The summed E-state index contributed by atoms with van der Waals surface area (Å²) in [7, 11) is 1.86. The molecule has 0 saturated carbocycles. The molecule has 0 N–H and O–H groups in total. The molecule has 1 fully saturated rings. The molecule has 6 nitrogen and oxygen atoms in total. The molecule has 2 heterocycles. The molecule has 180 valence electrons. The third kappa shape index (κ3) is 6.34. The summed E-state index contributed by atoms with van der Waals surface area (Å²) >= 11 is 0. The number of rotatable bonds is 9. The van der Waals surface area contributed by atoms with E-state index in [9.17, 15) is 22.4 Å². The highest BCUT2D eigenvalue weighted by Gasteiger charge is 2.44. The molecule has 0 unspecified atom stereocenters. The fourth-order valence-electron chi connectivity index (χ4n) is 3.73. The van der Waals surface area contributed by atoms with Crippen LogP contribution >= 0.6 is 0 Å². The smallest absolute Gasteiger partial charge is 0.459 e. The van der Waals surface area contributed by atoms with Gasteiger partial charge in [-0.3, -0.25) is 4.90 Å². The molecule has 0 bridgehead atoms. The molecule has 0 amide bonds. The number of ether oxygens (including phenoxy) is 2. The number of benzene rings is 1. The van der Waals surface area contributed by atoms with Gasteiger partial charge < -0.3 is 14.4 Å². The Balaban J connectivity index is 1.65. The molecule has 1 atom stereocenters. The van der Waals surface area contributed by atoms with Gasteiger partial charge in [-0.05, 0) is 50.1 Å². The molecule has 10 heteroatoms. The van der Waals surface area contributed by atoms with Crippen molar-refractivity contribution in [1.82, 2.24) is 9.88 Å². The van der Waals surface area contributed by atoms with E-state index in [1.807, 2.05) is 11.9 Å². The summed E-state index contributed by atoms with van der Waals surface area (Å²) in [6.45, 7) is 5.37. The first-order chi connectivity index (χ1) is 15.6. The Morgan fingerprint density at radius 1 is 1.27 bits per heavy atom. The fourth-order valence-corrected chi connectivity index (χ4v) is 3.73. The third-order valence-electron chi connectivity index (χ3n) is 5.29. The number of pyridine rings is 1. The second kappa shape index (κ2) is 10.4. The largest absolute Gasteiger partial charge is 0.461 e. The van der Waals surface area contributed by atoms with Gasteiger partial charge in [0.2, 0.25) is 0 Å². The minimum atomic E-state index is -4.54. The Morgan fingerprint density at radius 2 is 2.03 bits per heavy atom. The zero-order valence-electron chi connectivity index (χ0n) is 18.7. The molecule has 0 aliphatic carbocycles. The number of anilines is 1. The Hall–Kier alpha value is -2.88. The maximum atomic E-state index is 13.2. The number of nitrogens with zero attached hydrogens (tertiary/aromatic N) is 3. The standard InChI is InChI=1S/C23H27F4N3O3/c1-15(2)32-21(31)19-8-5-10-28-20(19)29(3)17-9-11-30(14-17)13-16-6-4-7-18(12-16)33-23(26,27)22(24)25/h4-8,10,12,15,17,22H,9,11,13-14H2,1-3H3/t17-/m1/s1. The van der Waals surface area contributed by atoms with Gasteiger partial charge in [-0.15, -0.1) is 0 Å². The van der Waals surface area contributed by atoms with Crippen molar-refractivity contribution in [2.45, 2.75) is 51.5 Å². The predicted octanol–water partition coefficient (Wildman–Crippen LogP) is 4.59. The number of likely N-dealkylation sites (tertiary alicyclic amines) is 1. The van der Waals surface area contributed by atoms with Crippen molar-refractivity contribution in [2.24, 2.45) is 0 Å². The van der Waals surface area contributed by atoms with Gasteiger partial charge in [-0.2, -0.15) is 17.6 Å². The Morgan fingerprint density at radius 3 is 2.73 bits per heavy atom. The molecule has 0 spiro atoms. The highest BCUT2D eigenvalue weighted by molar-refractivity contribution is 5.94. The van der Waals surface area contributed by atoms with E-state index in [0.29, 0.717) is 30.0 Å². The van der Waals surface area contributed by atoms with Gasteiger partial charge in [0.15, 0.2) is 0 Å². The first-order valence-corrected chi connectivity index (χ1v) is 10.6. The van der Waals surface area contributed by atoms with E-state index in [0.717, 1.165) is 13.0 Å². The van der Waals surface area contributed by atoms with E-state index < -0.39 is 18.5 Å². The number of likely N-dealkylation sites (N-methyl/N-ethyl adjacent to an activating group) is 1. The maximum Gasteiger partial charge on any atom is 0.461 e. The zero-order valence-corrected chi connectivity index (χ0v) is 18.7. The number of hydrogen-bond donors (Lipinski definition) is 0. The lowest BCUT2D eigenvalue weighted by atomic mass is 10.2. The quantitative estimate of drug-likeness (QED) is 0.396. The van der Waals surface area contributed by atoms with Crippen molar-refractivity contribution in [3.05, 3.63) is 53.7 Å². The van der Waals surface area contributed by atoms with Gasteiger partial charge in [-0.25, -0.2) is 9.78 Å². The summed E-state index contributed by atoms with van der Waals surface area (Å²) in [5.41, 5.74) is 1.05. The molecule has 0 radical (unpaired) electrons. The SMILES string of the molecule is CC(C)OC(=O)c1cccnc1N(C)[C@@H]1CCN(Cc2cccc(OC(F)(F)C(F)F)c2)C1. The average molecular weight is 469 g/mol. The molecule has 33 heavy (non-hydrogen) atoms. The van der Waals surface area contributed by atoms with Gasteiger partial charge in [0, 0.05) is 38.9 Å². The monoisotopic (exact) mass is 469 g/mol. The molecule has 1 aromatic heterocycles. The minimum Gasteiger partial charge on any atom is -0.459 e. The molecular formula is C23H27F4N3O3. The van der Waals surface area contributed by atoms with E-state index in [1.54, 1.807) is 38.2 Å². The summed E-state index contributed by atoms with van der Waals surface area (Å²) in [5.74, 6) is -0.223. The summed E-state index contributed by atoms with van der Waals surface area (Å²) in [4.78, 5) is 20.9. The van der Waals surface area contributed by atoms with Crippen LogP contribution in [-0.2, 0) is 11.3 Å². The molecule has 2 aromatic rings. The van der Waals surface area contributed by atoms with Crippen LogP contribution in [0.3, 0.4) is 0 Å². The van der Waals surface area contributed by atoms with Gasteiger partial charge in [-0.1, -0.05) is 12.1 Å². The van der Waals surface area contributed by atoms with Crippen LogP contribution in [0.2, 0.25) is 0 Å². The van der Waals surface area contributed by atoms with Crippen LogP contribution in [0.25, 0.3) is 0 Å². The van der Waals surface area contributed by atoms with Gasteiger partial charge in [0.25, 0.3) is 0 Å². The Labute approximate surface area is 190 Å². The second-order valence-electron chi connectivity index (χ2n) is 8.23. The average Bonchev–Trinajstić information content (AvgIpc) is 3.21. The lowest BCUT2D eigenvalue weighted by molar-refractivity contribution is -0.253. The van der Waals surface area contributed by atoms with Crippen molar-refractivity contribution in [2.75, 3.05) is 25.0 Å². The zero-order chi connectivity index (χ0) is 24.2. The van der Waals surface area contributed by atoms with E-state index in [2.05, 4.69) is 14.6 Å². The van der Waals surface area contributed by atoms with E-state index in [1.165, 1.54) is 18.2 Å². The molecule has 1 saturated heterocycles. The van der Waals surface area contributed by atoms with Crippen molar-refractivity contribution < 1.29 is 31.8 Å². The van der Waals surface area contributed by atoms with Crippen molar-refractivity contribution >= 4 is 11.8 Å². The summed E-state index contributed by atoms with van der Waals surface area (Å²) in [5, 5.41) is 0. The van der Waals surface area contributed by atoms with Crippen LogP contribution in [-0.4, -0.2) is 60.7 Å². The van der Waals surface area contributed by atoms with Gasteiger partial charge in [0.05, 0.1) is 6.10 Å². The van der Waals surface area contributed by atoms with Crippen LogP contribution in [0.1, 0.15) is 36.2 Å². The third-order valence-corrected chi connectivity index (χ3v) is 5.29. The molecule has 1 aliphatic rings. The lowest BCUT2D eigenvalue weighted by Crippen LogP contribution is -2.36. The van der Waals surface area contributed by atoms with Crippen LogP contribution in [0, 0.1) is 0 Å². The molecular weight excluding hydrogens is 442 g/mol. The minimum absolute atomic E-state index is 0.0631. The van der Waals surface area contributed by atoms with Crippen LogP contribution in [0.15, 0.2) is 42.6 Å². The number of esters is 1. The number of alkyl halides is 4. The van der Waals surface area contributed by atoms with Crippen molar-refractivity contribution in [3.63, 3.8) is 0 Å². The number of halogens is 4. The highest BCUT2D eigenvalue weighted by atomic mass is 19.3. The Kier molecular flexibility index (Phi) is 7.78. The van der Waals surface area contributed by atoms with Crippen molar-refractivity contribution in [3.8, 4) is 5.75 Å². The first-order valence-electron chi connectivity index (χ1n) is 10.6. The maximum absolute atomic E-state index is 13.2. The van der Waals surface area contributed by atoms with Crippen molar-refractivity contribution in [1.29, 1.82) is 0 Å². The summed E-state index contributed by atoms with van der Waals surface area (Å²) in [6.07, 6.45) is -6.29. The number of hydrogen-bond acceptors (Lipinski definition) is 6. The first kappa shape index (κ1) is 24.8. The number of carbonyl (C=O) groups excluding carboxylic acids is 1. The van der Waals surface area contributed by atoms with E-state index in [4.69, 9.17) is 4.74 Å².